The number of aromatic amines is 1. The molecule has 0 bridgehead atoms. The highest BCUT2D eigenvalue weighted by Gasteiger charge is 2.27. The highest BCUT2D eigenvalue weighted by atomic mass is 32.1. The number of thiophene rings is 1. The van der Waals surface area contributed by atoms with Crippen LogP contribution in [0.2, 0.25) is 0 Å². The van der Waals surface area contributed by atoms with E-state index in [0.29, 0.717) is 12.0 Å². The van der Waals surface area contributed by atoms with Gasteiger partial charge in [-0.2, -0.15) is 5.10 Å². The minimum atomic E-state index is 0.0529. The second-order valence-electron chi connectivity index (χ2n) is 6.11. The number of rotatable bonds is 3. The van der Waals surface area contributed by atoms with Crippen LogP contribution in [0.4, 0.5) is 0 Å². The first-order valence-corrected chi connectivity index (χ1v) is 8.35. The molecule has 21 heavy (non-hydrogen) atoms. The minimum absolute atomic E-state index is 0.0529. The number of amides is 1. The molecule has 1 aliphatic rings. The van der Waals surface area contributed by atoms with Crippen LogP contribution < -0.4 is 5.32 Å². The summed E-state index contributed by atoms with van der Waals surface area (Å²) in [6.07, 6.45) is 5.22. The quantitative estimate of drug-likeness (QED) is 0.908. The van der Waals surface area contributed by atoms with E-state index in [-0.39, 0.29) is 5.91 Å². The lowest BCUT2D eigenvalue weighted by Crippen LogP contribution is -2.42. The molecule has 0 radical (unpaired) electrons. The number of hydrogen-bond donors (Lipinski definition) is 2. The molecule has 3 atom stereocenters. The van der Waals surface area contributed by atoms with E-state index in [2.05, 4.69) is 29.4 Å². The average Bonchev–Trinajstić information content (AvgIpc) is 3.10. The highest BCUT2D eigenvalue weighted by Crippen LogP contribution is 2.30. The highest BCUT2D eigenvalue weighted by molar-refractivity contribution is 7.17. The Labute approximate surface area is 129 Å². The Morgan fingerprint density at radius 2 is 2.19 bits per heavy atom. The van der Waals surface area contributed by atoms with Gasteiger partial charge in [0, 0.05) is 12.2 Å². The fraction of sp³-hybridized carbons (Fsp3) is 0.500. The number of aromatic nitrogens is 2. The molecule has 5 heteroatoms. The molecular weight excluding hydrogens is 282 g/mol. The second-order valence-corrected chi connectivity index (χ2v) is 7.19. The van der Waals surface area contributed by atoms with Crippen molar-refractivity contribution in [3.63, 3.8) is 0 Å². The molecule has 2 aromatic rings. The van der Waals surface area contributed by atoms with Gasteiger partial charge < -0.3 is 5.32 Å². The zero-order chi connectivity index (χ0) is 14.8. The fourth-order valence-corrected chi connectivity index (χ4v) is 4.00. The molecule has 4 nitrogen and oxygen atoms in total. The van der Waals surface area contributed by atoms with Gasteiger partial charge in [0.05, 0.1) is 15.4 Å². The summed E-state index contributed by atoms with van der Waals surface area (Å²) in [6.45, 7) is 4.54. The van der Waals surface area contributed by atoms with Gasteiger partial charge in [-0.1, -0.05) is 13.8 Å². The van der Waals surface area contributed by atoms with Crippen molar-refractivity contribution in [2.75, 3.05) is 0 Å². The van der Waals surface area contributed by atoms with Crippen molar-refractivity contribution < 1.29 is 4.79 Å². The first-order chi connectivity index (χ1) is 10.1. The smallest absolute Gasteiger partial charge is 0.261 e. The number of hydrogen-bond acceptors (Lipinski definition) is 3. The van der Waals surface area contributed by atoms with Gasteiger partial charge in [0.1, 0.15) is 0 Å². The lowest BCUT2D eigenvalue weighted by atomic mass is 9.80. The maximum Gasteiger partial charge on any atom is 0.261 e. The normalized spacial score (nSPS) is 25.7. The molecule has 0 saturated heterocycles. The molecule has 1 fully saturated rings. The van der Waals surface area contributed by atoms with Gasteiger partial charge in [-0.25, -0.2) is 0 Å². The first kappa shape index (κ1) is 14.3. The molecule has 3 unspecified atom stereocenters. The fourth-order valence-electron chi connectivity index (χ4n) is 3.12. The number of H-pyrrole nitrogens is 1. The van der Waals surface area contributed by atoms with Crippen molar-refractivity contribution in [1.82, 2.24) is 15.5 Å². The van der Waals surface area contributed by atoms with E-state index < -0.39 is 0 Å². The second kappa shape index (κ2) is 6.02. The molecule has 3 rings (SSSR count). The van der Waals surface area contributed by atoms with E-state index in [1.54, 1.807) is 6.20 Å². The Kier molecular flexibility index (Phi) is 4.10. The van der Waals surface area contributed by atoms with Crippen LogP contribution in [0.3, 0.4) is 0 Å². The van der Waals surface area contributed by atoms with E-state index in [4.69, 9.17) is 0 Å². The van der Waals surface area contributed by atoms with Crippen LogP contribution in [-0.2, 0) is 0 Å². The van der Waals surface area contributed by atoms with Gasteiger partial charge in [-0.15, -0.1) is 11.3 Å². The lowest BCUT2D eigenvalue weighted by molar-refractivity contribution is 0.0904. The van der Waals surface area contributed by atoms with Gasteiger partial charge >= 0.3 is 0 Å². The summed E-state index contributed by atoms with van der Waals surface area (Å²) in [4.78, 5) is 14.2. The summed E-state index contributed by atoms with van der Waals surface area (Å²) >= 11 is 1.51. The summed E-state index contributed by atoms with van der Waals surface area (Å²) in [7, 11) is 0. The minimum Gasteiger partial charge on any atom is -0.348 e. The molecule has 1 saturated carbocycles. The Morgan fingerprint density at radius 3 is 2.90 bits per heavy atom. The maximum atomic E-state index is 12.4. The van der Waals surface area contributed by atoms with E-state index in [0.717, 1.165) is 27.8 Å². The molecule has 112 valence electrons. The summed E-state index contributed by atoms with van der Waals surface area (Å²) in [5.74, 6) is 1.39. The molecule has 0 aromatic carbocycles. The van der Waals surface area contributed by atoms with Gasteiger partial charge in [0.15, 0.2) is 0 Å². The van der Waals surface area contributed by atoms with Crippen LogP contribution in [0.5, 0.6) is 0 Å². The standard InChI is InChI=1S/C16H21N3OS/c1-10-3-4-12(11(2)9-10)18-16(20)15-6-5-14(21-15)13-7-8-17-19-13/h5-8,10-12H,3-4,9H2,1-2H3,(H,17,19)(H,18,20). The number of carbonyl (C=O) groups is 1. The van der Waals surface area contributed by atoms with Crippen molar-refractivity contribution in [3.05, 3.63) is 29.3 Å². The summed E-state index contributed by atoms with van der Waals surface area (Å²) in [5, 5.41) is 10.1. The van der Waals surface area contributed by atoms with Crippen molar-refractivity contribution >= 4 is 17.2 Å². The van der Waals surface area contributed by atoms with Crippen molar-refractivity contribution in [2.24, 2.45) is 11.8 Å². The van der Waals surface area contributed by atoms with Crippen LogP contribution >= 0.6 is 11.3 Å². The third-order valence-corrected chi connectivity index (χ3v) is 5.46. The molecule has 1 amide bonds. The average molecular weight is 303 g/mol. The SMILES string of the molecule is CC1CCC(NC(=O)c2ccc(-c3ccn[nH]3)s2)C(C)C1. The number of carbonyl (C=O) groups excluding carboxylic acids is 1. The molecule has 2 heterocycles. The van der Waals surface area contributed by atoms with Crippen LogP contribution in [0.25, 0.3) is 10.6 Å². The maximum absolute atomic E-state index is 12.4. The Hall–Kier alpha value is -1.62. The first-order valence-electron chi connectivity index (χ1n) is 7.54. The summed E-state index contributed by atoms with van der Waals surface area (Å²) in [5.41, 5.74) is 0.957. The van der Waals surface area contributed by atoms with Crippen LogP contribution in [0.1, 0.15) is 42.8 Å². The lowest BCUT2D eigenvalue weighted by Gasteiger charge is -2.33. The van der Waals surface area contributed by atoms with Crippen molar-refractivity contribution in [3.8, 4) is 10.6 Å². The Bertz CT molecular complexity index is 605. The van der Waals surface area contributed by atoms with Crippen LogP contribution in [0, 0.1) is 11.8 Å². The predicted molar refractivity (Wildman–Crippen MR) is 85.3 cm³/mol. The molecular formula is C16H21N3OS. The van der Waals surface area contributed by atoms with Gasteiger partial charge in [0.25, 0.3) is 5.91 Å². The van der Waals surface area contributed by atoms with Crippen molar-refractivity contribution in [2.45, 2.75) is 39.2 Å². The number of nitrogens with one attached hydrogen (secondary N) is 2. The van der Waals surface area contributed by atoms with Crippen LogP contribution in [-0.4, -0.2) is 22.1 Å². The monoisotopic (exact) mass is 303 g/mol. The topological polar surface area (TPSA) is 57.8 Å². The summed E-state index contributed by atoms with van der Waals surface area (Å²) in [6, 6.07) is 6.09. The molecule has 0 aliphatic heterocycles. The van der Waals surface area contributed by atoms with Gasteiger partial charge in [-0.3, -0.25) is 9.89 Å². The third-order valence-electron chi connectivity index (χ3n) is 4.34. The van der Waals surface area contributed by atoms with E-state index in [1.807, 2.05) is 18.2 Å². The van der Waals surface area contributed by atoms with E-state index >= 15 is 0 Å². The predicted octanol–water partition coefficient (Wildman–Crippen LogP) is 3.69. The Morgan fingerprint density at radius 1 is 1.33 bits per heavy atom. The molecule has 0 spiro atoms. The zero-order valence-corrected chi connectivity index (χ0v) is 13.2. The van der Waals surface area contributed by atoms with Crippen molar-refractivity contribution in [1.29, 1.82) is 0 Å². The van der Waals surface area contributed by atoms with Gasteiger partial charge in [0.2, 0.25) is 0 Å². The molecule has 2 N–H and O–H groups in total. The van der Waals surface area contributed by atoms with E-state index in [1.165, 1.54) is 24.2 Å². The van der Waals surface area contributed by atoms with E-state index in [9.17, 15) is 4.79 Å². The molecule has 1 aliphatic carbocycles. The third kappa shape index (κ3) is 3.18. The number of nitrogens with zero attached hydrogens (tertiary/aromatic N) is 1. The van der Waals surface area contributed by atoms with Gasteiger partial charge in [-0.05, 0) is 49.3 Å². The largest absolute Gasteiger partial charge is 0.348 e. The Balaban J connectivity index is 1.66. The summed E-state index contributed by atoms with van der Waals surface area (Å²) < 4.78 is 0. The van der Waals surface area contributed by atoms with Crippen LogP contribution in [0.15, 0.2) is 24.4 Å². The molecule has 2 aromatic heterocycles. The zero-order valence-electron chi connectivity index (χ0n) is 12.4.